The van der Waals surface area contributed by atoms with Crippen molar-refractivity contribution < 1.29 is 14.3 Å². The van der Waals surface area contributed by atoms with Gasteiger partial charge in [0.25, 0.3) is 5.91 Å². The Morgan fingerprint density at radius 3 is 2.51 bits per heavy atom. The Balaban J connectivity index is 1.57. The van der Waals surface area contributed by atoms with E-state index in [4.69, 9.17) is 16.3 Å². The third kappa shape index (κ3) is 5.71. The van der Waals surface area contributed by atoms with Gasteiger partial charge in [0.1, 0.15) is 18.9 Å². The Bertz CT molecular complexity index is 1200. The van der Waals surface area contributed by atoms with Gasteiger partial charge >= 0.3 is 0 Å². The Kier molecular flexibility index (Phi) is 7.53. The molecule has 35 heavy (non-hydrogen) atoms. The number of benzene rings is 2. The van der Waals surface area contributed by atoms with Crippen LogP contribution in [0.1, 0.15) is 53.2 Å². The van der Waals surface area contributed by atoms with Crippen molar-refractivity contribution in [3.8, 4) is 5.75 Å². The Labute approximate surface area is 216 Å². The summed E-state index contributed by atoms with van der Waals surface area (Å²) < 4.78 is 6.08. The molecule has 0 N–H and O–H groups in total. The van der Waals surface area contributed by atoms with Gasteiger partial charge in [0.05, 0.1) is 6.04 Å². The van der Waals surface area contributed by atoms with E-state index in [2.05, 4.69) is 11.4 Å². The standard InChI is InChI=1S/C28H31ClN2O3S/c1-19-7-5-6-8-22(19)27(33)31(28(2,3)4)17-26(32)30-15-13-25-23(14-16-35-25)24(30)18-34-21-11-9-20(29)10-12-21/h5-12,14,16,24H,13,15,17-18H2,1-4H3. The maximum Gasteiger partial charge on any atom is 0.255 e. The maximum atomic E-state index is 13.7. The number of thiophene rings is 1. The second-order valence-corrected chi connectivity index (χ2v) is 11.2. The molecule has 1 unspecified atom stereocenters. The summed E-state index contributed by atoms with van der Waals surface area (Å²) in [5, 5.41) is 2.71. The highest BCUT2D eigenvalue weighted by Gasteiger charge is 2.36. The predicted molar refractivity (Wildman–Crippen MR) is 141 cm³/mol. The number of rotatable bonds is 6. The largest absolute Gasteiger partial charge is 0.491 e. The van der Waals surface area contributed by atoms with Gasteiger partial charge in [-0.05, 0) is 87.0 Å². The number of ether oxygens (including phenoxy) is 1. The first-order valence-corrected chi connectivity index (χ1v) is 13.0. The second-order valence-electron chi connectivity index (χ2n) is 9.79. The number of aryl methyl sites for hydroxylation is 1. The lowest BCUT2D eigenvalue weighted by atomic mass is 9.99. The fourth-order valence-electron chi connectivity index (χ4n) is 4.38. The molecule has 0 spiro atoms. The quantitative estimate of drug-likeness (QED) is 0.399. The molecule has 1 atom stereocenters. The summed E-state index contributed by atoms with van der Waals surface area (Å²) in [6.45, 7) is 8.74. The van der Waals surface area contributed by atoms with Crippen LogP contribution in [0.5, 0.6) is 5.75 Å². The van der Waals surface area contributed by atoms with Crippen LogP contribution in [0.15, 0.2) is 60.0 Å². The zero-order valence-electron chi connectivity index (χ0n) is 20.6. The number of nitrogens with zero attached hydrogens (tertiary/aromatic N) is 2. The molecule has 1 aromatic heterocycles. The first kappa shape index (κ1) is 25.3. The molecule has 0 aliphatic carbocycles. The fraction of sp³-hybridized carbons (Fsp3) is 0.357. The van der Waals surface area contributed by atoms with Gasteiger partial charge in [0, 0.05) is 27.5 Å². The second kappa shape index (κ2) is 10.4. The molecule has 7 heteroatoms. The molecule has 2 heterocycles. The van der Waals surface area contributed by atoms with Crippen molar-refractivity contribution in [2.24, 2.45) is 0 Å². The van der Waals surface area contributed by atoms with Crippen LogP contribution < -0.4 is 4.74 Å². The lowest BCUT2D eigenvalue weighted by Crippen LogP contribution is -2.53. The van der Waals surface area contributed by atoms with Crippen molar-refractivity contribution in [3.63, 3.8) is 0 Å². The Morgan fingerprint density at radius 1 is 1.11 bits per heavy atom. The molecule has 4 rings (SSSR count). The van der Waals surface area contributed by atoms with Crippen LogP contribution in [0.25, 0.3) is 0 Å². The Morgan fingerprint density at radius 2 is 1.83 bits per heavy atom. The number of fused-ring (bicyclic) bond motifs is 1. The van der Waals surface area contributed by atoms with Crippen molar-refractivity contribution in [2.45, 2.75) is 45.7 Å². The minimum atomic E-state index is -0.520. The van der Waals surface area contributed by atoms with Crippen LogP contribution in [0.3, 0.4) is 0 Å². The van der Waals surface area contributed by atoms with Gasteiger partial charge in [-0.25, -0.2) is 0 Å². The van der Waals surface area contributed by atoms with E-state index >= 15 is 0 Å². The molecule has 3 aromatic rings. The molecule has 2 aromatic carbocycles. The number of carbonyl (C=O) groups excluding carboxylic acids is 2. The number of hydrogen-bond acceptors (Lipinski definition) is 4. The third-order valence-electron chi connectivity index (χ3n) is 6.36. The van der Waals surface area contributed by atoms with Gasteiger partial charge in [0.15, 0.2) is 0 Å². The van der Waals surface area contributed by atoms with Gasteiger partial charge in [-0.1, -0.05) is 29.8 Å². The first-order chi connectivity index (χ1) is 16.6. The van der Waals surface area contributed by atoms with Crippen molar-refractivity contribution >= 4 is 34.8 Å². The van der Waals surface area contributed by atoms with E-state index in [1.54, 1.807) is 28.4 Å². The molecule has 2 amide bonds. The molecular formula is C28H31ClN2O3S. The van der Waals surface area contributed by atoms with Crippen molar-refractivity contribution in [3.05, 3.63) is 86.6 Å². The SMILES string of the molecule is Cc1ccccc1C(=O)N(CC(=O)N1CCc2sccc2C1COc1ccc(Cl)cc1)C(C)(C)C. The summed E-state index contributed by atoms with van der Waals surface area (Å²) in [7, 11) is 0. The first-order valence-electron chi connectivity index (χ1n) is 11.8. The van der Waals surface area contributed by atoms with Gasteiger partial charge in [0.2, 0.25) is 5.91 Å². The topological polar surface area (TPSA) is 49.9 Å². The van der Waals surface area contributed by atoms with Crippen molar-refractivity contribution in [1.82, 2.24) is 9.80 Å². The summed E-state index contributed by atoms with van der Waals surface area (Å²) in [5.41, 5.74) is 2.12. The molecule has 0 radical (unpaired) electrons. The minimum Gasteiger partial charge on any atom is -0.491 e. The van der Waals surface area contributed by atoms with Gasteiger partial charge < -0.3 is 14.5 Å². The zero-order chi connectivity index (χ0) is 25.2. The summed E-state index contributed by atoms with van der Waals surface area (Å²) >= 11 is 7.72. The molecule has 184 valence electrons. The molecule has 1 aliphatic rings. The van der Waals surface area contributed by atoms with Crippen molar-refractivity contribution in [2.75, 3.05) is 19.7 Å². The van der Waals surface area contributed by atoms with Crippen LogP contribution in [0, 0.1) is 6.92 Å². The molecule has 0 bridgehead atoms. The molecule has 5 nitrogen and oxygen atoms in total. The number of carbonyl (C=O) groups is 2. The maximum absolute atomic E-state index is 13.7. The van der Waals surface area contributed by atoms with Crippen LogP contribution in [0.2, 0.25) is 5.02 Å². The molecule has 0 saturated carbocycles. The number of amides is 2. The van der Waals surface area contributed by atoms with E-state index in [0.29, 0.717) is 29.5 Å². The van der Waals surface area contributed by atoms with E-state index < -0.39 is 5.54 Å². The number of halogens is 1. The zero-order valence-corrected chi connectivity index (χ0v) is 22.2. The normalized spacial score (nSPS) is 15.5. The summed E-state index contributed by atoms with van der Waals surface area (Å²) in [6.07, 6.45) is 0.803. The summed E-state index contributed by atoms with van der Waals surface area (Å²) in [4.78, 5) is 32.1. The Hall–Kier alpha value is -2.83. The van der Waals surface area contributed by atoms with E-state index in [1.165, 1.54) is 4.88 Å². The predicted octanol–water partition coefficient (Wildman–Crippen LogP) is 6.16. The average molecular weight is 511 g/mol. The number of hydrogen-bond donors (Lipinski definition) is 0. The lowest BCUT2D eigenvalue weighted by molar-refractivity contribution is -0.136. The van der Waals surface area contributed by atoms with E-state index in [-0.39, 0.29) is 24.4 Å². The molecule has 0 saturated heterocycles. The van der Waals surface area contributed by atoms with Gasteiger partial charge in [-0.3, -0.25) is 9.59 Å². The van der Waals surface area contributed by atoms with Crippen molar-refractivity contribution in [1.29, 1.82) is 0 Å². The molecule has 0 fully saturated rings. The fourth-order valence-corrected chi connectivity index (χ4v) is 5.43. The van der Waals surface area contributed by atoms with E-state index in [9.17, 15) is 9.59 Å². The van der Waals surface area contributed by atoms with Crippen LogP contribution in [0.4, 0.5) is 0 Å². The van der Waals surface area contributed by atoms with Crippen LogP contribution in [-0.2, 0) is 11.2 Å². The average Bonchev–Trinajstić information content (AvgIpc) is 3.30. The highest BCUT2D eigenvalue weighted by molar-refractivity contribution is 7.10. The minimum absolute atomic E-state index is 0.00752. The van der Waals surface area contributed by atoms with Crippen LogP contribution >= 0.6 is 22.9 Å². The van der Waals surface area contributed by atoms with Crippen LogP contribution in [-0.4, -0.2) is 46.8 Å². The highest BCUT2D eigenvalue weighted by Crippen LogP contribution is 2.34. The summed E-state index contributed by atoms with van der Waals surface area (Å²) in [5.74, 6) is 0.491. The summed E-state index contributed by atoms with van der Waals surface area (Å²) in [6, 6.07) is 16.6. The smallest absolute Gasteiger partial charge is 0.255 e. The monoisotopic (exact) mass is 510 g/mol. The highest BCUT2D eigenvalue weighted by atomic mass is 35.5. The van der Waals surface area contributed by atoms with E-state index in [1.807, 2.05) is 69.0 Å². The van der Waals surface area contributed by atoms with E-state index in [0.717, 1.165) is 17.5 Å². The molecular weight excluding hydrogens is 480 g/mol. The lowest BCUT2D eigenvalue weighted by Gasteiger charge is -2.40. The van der Waals surface area contributed by atoms with Gasteiger partial charge in [-0.2, -0.15) is 0 Å². The third-order valence-corrected chi connectivity index (χ3v) is 7.61. The van der Waals surface area contributed by atoms with Gasteiger partial charge in [-0.15, -0.1) is 11.3 Å². The molecule has 1 aliphatic heterocycles.